The number of hydrogen-bond acceptors (Lipinski definition) is 0. The van der Waals surface area contributed by atoms with E-state index in [9.17, 15) is 17.6 Å². The highest BCUT2D eigenvalue weighted by molar-refractivity contribution is 5.29. The van der Waals surface area contributed by atoms with Crippen LogP contribution in [0.5, 0.6) is 0 Å². The summed E-state index contributed by atoms with van der Waals surface area (Å²) in [7, 11) is 0. The Kier molecular flexibility index (Phi) is 12.6. The van der Waals surface area contributed by atoms with Crippen LogP contribution in [0.1, 0.15) is 152 Å². The highest BCUT2D eigenvalue weighted by Gasteiger charge is 2.35. The van der Waals surface area contributed by atoms with Gasteiger partial charge in [0, 0.05) is 0 Å². The van der Waals surface area contributed by atoms with Crippen LogP contribution in [-0.4, -0.2) is 0 Å². The smallest absolute Gasteiger partial charge is 0.206 e. The molecule has 0 N–H and O–H groups in total. The number of rotatable bonds is 14. The van der Waals surface area contributed by atoms with Gasteiger partial charge in [0.15, 0.2) is 0 Å². The van der Waals surface area contributed by atoms with Gasteiger partial charge in [-0.2, -0.15) is 13.2 Å². The Labute approximate surface area is 218 Å². The predicted molar refractivity (Wildman–Crippen MR) is 143 cm³/mol. The van der Waals surface area contributed by atoms with Gasteiger partial charge in [-0.3, -0.25) is 0 Å². The molecule has 2 aliphatic rings. The molecule has 0 radical (unpaired) electrons. The average Bonchev–Trinajstić information content (AvgIpc) is 2.87. The lowest BCUT2D eigenvalue weighted by molar-refractivity contribution is -0.140. The van der Waals surface area contributed by atoms with Crippen molar-refractivity contribution < 1.29 is 17.6 Å². The van der Waals surface area contributed by atoms with Crippen LogP contribution in [0.3, 0.4) is 0 Å². The van der Waals surface area contributed by atoms with Crippen molar-refractivity contribution in [3.05, 3.63) is 35.1 Å². The molecule has 2 saturated carbocycles. The number of hydrogen-bond donors (Lipinski definition) is 0. The fraction of sp³-hybridized carbons (Fsp3) is 0.812. The van der Waals surface area contributed by atoms with Crippen LogP contribution >= 0.6 is 0 Å². The molecule has 0 saturated heterocycles. The maximum atomic E-state index is 14.0. The standard InChI is InChI=1S/C32H50F4/c1-2-3-4-5-6-7-8-9-10-11-12-13-25-14-16-26(17-15-25)27-18-20-28(21-19-27)29-22-23-30(31(33)24-29)32(34,35)36/h22-28H,2-21H2,1H3. The van der Waals surface area contributed by atoms with Crippen molar-refractivity contribution in [2.24, 2.45) is 17.8 Å². The molecule has 3 rings (SSSR count). The Balaban J connectivity index is 1.24. The van der Waals surface area contributed by atoms with Crippen LogP contribution in [0.4, 0.5) is 17.6 Å². The fourth-order valence-corrected chi connectivity index (χ4v) is 6.98. The molecular formula is C32H50F4. The molecule has 36 heavy (non-hydrogen) atoms. The van der Waals surface area contributed by atoms with E-state index in [0.717, 1.165) is 61.1 Å². The molecule has 1 aromatic rings. The van der Waals surface area contributed by atoms with Crippen molar-refractivity contribution in [3.63, 3.8) is 0 Å². The second-order valence-electron chi connectivity index (χ2n) is 12.0. The van der Waals surface area contributed by atoms with Crippen LogP contribution in [0.25, 0.3) is 0 Å². The molecule has 2 aliphatic carbocycles. The highest BCUT2D eigenvalue weighted by Crippen LogP contribution is 2.45. The molecule has 0 bridgehead atoms. The summed E-state index contributed by atoms with van der Waals surface area (Å²) in [5.41, 5.74) is -0.403. The molecule has 0 unspecified atom stereocenters. The van der Waals surface area contributed by atoms with Crippen molar-refractivity contribution >= 4 is 0 Å². The number of benzene rings is 1. The first-order valence-corrected chi connectivity index (χ1v) is 15.2. The second-order valence-corrected chi connectivity index (χ2v) is 12.0. The van der Waals surface area contributed by atoms with Crippen LogP contribution in [0.15, 0.2) is 18.2 Å². The van der Waals surface area contributed by atoms with Gasteiger partial charge in [-0.05, 0) is 79.9 Å². The van der Waals surface area contributed by atoms with E-state index in [1.54, 1.807) is 0 Å². The predicted octanol–water partition coefficient (Wildman–Crippen LogP) is 11.6. The summed E-state index contributed by atoms with van der Waals surface area (Å²) in [6.45, 7) is 2.28. The number of unbranched alkanes of at least 4 members (excludes halogenated alkanes) is 10. The molecule has 0 amide bonds. The maximum Gasteiger partial charge on any atom is 0.419 e. The van der Waals surface area contributed by atoms with Gasteiger partial charge in [-0.25, -0.2) is 4.39 Å². The Hall–Kier alpha value is -1.06. The molecule has 206 valence electrons. The van der Waals surface area contributed by atoms with Gasteiger partial charge in [-0.1, -0.05) is 103 Å². The van der Waals surface area contributed by atoms with Gasteiger partial charge < -0.3 is 0 Å². The normalized spacial score (nSPS) is 25.2. The average molecular weight is 511 g/mol. The summed E-state index contributed by atoms with van der Waals surface area (Å²) in [5, 5.41) is 0. The highest BCUT2D eigenvalue weighted by atomic mass is 19.4. The lowest BCUT2D eigenvalue weighted by atomic mass is 9.68. The summed E-state index contributed by atoms with van der Waals surface area (Å²) in [4.78, 5) is 0. The molecule has 0 aromatic heterocycles. The Bertz CT molecular complexity index is 724. The lowest BCUT2D eigenvalue weighted by Gasteiger charge is -2.38. The van der Waals surface area contributed by atoms with Gasteiger partial charge in [0.2, 0.25) is 0 Å². The minimum atomic E-state index is -4.62. The topological polar surface area (TPSA) is 0 Å². The quantitative estimate of drug-likeness (QED) is 0.172. The van der Waals surface area contributed by atoms with E-state index in [2.05, 4.69) is 6.92 Å². The number of halogens is 4. The van der Waals surface area contributed by atoms with Crippen molar-refractivity contribution in [1.82, 2.24) is 0 Å². The second kappa shape index (κ2) is 15.4. The summed E-state index contributed by atoms with van der Waals surface area (Å²) in [6, 6.07) is 3.55. The summed E-state index contributed by atoms with van der Waals surface area (Å²) < 4.78 is 52.6. The molecule has 1 aromatic carbocycles. The molecule has 0 aliphatic heterocycles. The monoisotopic (exact) mass is 510 g/mol. The SMILES string of the molecule is CCCCCCCCCCCCCC1CCC(C2CCC(c3ccc(C(F)(F)F)c(F)c3)CC2)CC1. The van der Waals surface area contributed by atoms with Gasteiger partial charge in [0.25, 0.3) is 0 Å². The van der Waals surface area contributed by atoms with Crippen LogP contribution < -0.4 is 0 Å². The Morgan fingerprint density at radius 3 is 1.67 bits per heavy atom. The van der Waals surface area contributed by atoms with Gasteiger partial charge in [0.05, 0.1) is 5.56 Å². The van der Waals surface area contributed by atoms with E-state index in [0.29, 0.717) is 0 Å². The molecule has 0 nitrogen and oxygen atoms in total. The molecule has 2 fully saturated rings. The first kappa shape index (κ1) is 29.5. The van der Waals surface area contributed by atoms with Crippen molar-refractivity contribution in [2.45, 2.75) is 147 Å². The zero-order valence-electron chi connectivity index (χ0n) is 22.7. The third kappa shape index (κ3) is 9.67. The van der Waals surface area contributed by atoms with Gasteiger partial charge in [-0.15, -0.1) is 0 Å². The van der Waals surface area contributed by atoms with E-state index in [4.69, 9.17) is 0 Å². The van der Waals surface area contributed by atoms with E-state index in [1.165, 1.54) is 109 Å². The number of alkyl halides is 3. The lowest BCUT2D eigenvalue weighted by Crippen LogP contribution is -2.25. The maximum absolute atomic E-state index is 14.0. The van der Waals surface area contributed by atoms with Crippen LogP contribution in [0.2, 0.25) is 0 Å². The Morgan fingerprint density at radius 2 is 1.17 bits per heavy atom. The zero-order chi connectivity index (χ0) is 25.8. The van der Waals surface area contributed by atoms with E-state index in [-0.39, 0.29) is 5.92 Å². The Morgan fingerprint density at radius 1 is 0.667 bits per heavy atom. The molecular weight excluding hydrogens is 460 g/mol. The molecule has 0 spiro atoms. The minimum Gasteiger partial charge on any atom is -0.206 e. The van der Waals surface area contributed by atoms with Crippen molar-refractivity contribution in [3.8, 4) is 0 Å². The van der Waals surface area contributed by atoms with E-state index in [1.807, 2.05) is 0 Å². The molecule has 0 heterocycles. The summed E-state index contributed by atoms with van der Waals surface area (Å²) >= 11 is 0. The van der Waals surface area contributed by atoms with E-state index >= 15 is 0 Å². The van der Waals surface area contributed by atoms with Crippen molar-refractivity contribution in [1.29, 1.82) is 0 Å². The third-order valence-corrected chi connectivity index (χ3v) is 9.32. The zero-order valence-corrected chi connectivity index (χ0v) is 22.7. The van der Waals surface area contributed by atoms with Gasteiger partial charge in [0.1, 0.15) is 5.82 Å². The summed E-state index contributed by atoms with van der Waals surface area (Å²) in [5.74, 6) is 1.58. The van der Waals surface area contributed by atoms with E-state index < -0.39 is 17.6 Å². The first-order valence-electron chi connectivity index (χ1n) is 15.2. The first-order chi connectivity index (χ1) is 17.4. The summed E-state index contributed by atoms with van der Waals surface area (Å²) in [6.07, 6.45) is 22.0. The van der Waals surface area contributed by atoms with Gasteiger partial charge >= 0.3 is 6.18 Å². The third-order valence-electron chi connectivity index (χ3n) is 9.32. The fourth-order valence-electron chi connectivity index (χ4n) is 6.98. The van der Waals surface area contributed by atoms with Crippen molar-refractivity contribution in [2.75, 3.05) is 0 Å². The molecule has 0 atom stereocenters. The molecule has 4 heteroatoms. The largest absolute Gasteiger partial charge is 0.419 e. The van der Waals surface area contributed by atoms with Crippen LogP contribution in [0, 0.1) is 23.6 Å². The van der Waals surface area contributed by atoms with Crippen LogP contribution in [-0.2, 0) is 6.18 Å². The minimum absolute atomic E-state index is 0.204.